The van der Waals surface area contributed by atoms with Gasteiger partial charge in [-0.3, -0.25) is 0 Å². The summed E-state index contributed by atoms with van der Waals surface area (Å²) >= 11 is 0. The molecule has 3 nitrogen and oxygen atoms in total. The Balaban J connectivity index is 3.05. The van der Waals surface area contributed by atoms with Crippen molar-refractivity contribution < 1.29 is 14.2 Å². The fraction of sp³-hybridized carbons (Fsp3) is 0.455. The van der Waals surface area contributed by atoms with Crippen molar-refractivity contribution in [2.45, 2.75) is 25.8 Å². The first-order chi connectivity index (χ1) is 6.83. The summed E-state index contributed by atoms with van der Waals surface area (Å²) in [4.78, 5) is 0. The lowest BCUT2D eigenvalue weighted by atomic mass is 9.95. The second-order valence-corrected chi connectivity index (χ2v) is 4.28. The number of aromatic hydroxyl groups is 1. The molecule has 0 saturated carbocycles. The second kappa shape index (κ2) is 4.06. The molecule has 0 aliphatic rings. The number of rotatable bonds is 3. The fourth-order valence-corrected chi connectivity index (χ4v) is 1.37. The number of hydrogen-bond donors (Lipinski definition) is 2. The minimum Gasteiger partial charge on any atom is -0.508 e. The Morgan fingerprint density at radius 3 is 2.53 bits per heavy atom. The van der Waals surface area contributed by atoms with E-state index >= 15 is 0 Å². The molecule has 0 radical (unpaired) electrons. The van der Waals surface area contributed by atoms with Crippen molar-refractivity contribution in [2.75, 3.05) is 7.11 Å². The van der Waals surface area contributed by atoms with Gasteiger partial charge in [0.25, 0.3) is 0 Å². The van der Waals surface area contributed by atoms with Gasteiger partial charge in [0.05, 0.1) is 7.11 Å². The van der Waals surface area contributed by atoms with Crippen molar-refractivity contribution in [3.8, 4) is 11.5 Å². The van der Waals surface area contributed by atoms with E-state index in [-0.39, 0.29) is 11.5 Å². The van der Waals surface area contributed by atoms with Crippen LogP contribution in [0.25, 0.3) is 0 Å². The summed E-state index contributed by atoms with van der Waals surface area (Å²) in [5.74, 6) is -0.451. The summed E-state index contributed by atoms with van der Waals surface area (Å²) in [6, 6.07) is 2.51. The minimum atomic E-state index is -0.491. The average molecular weight is 213 g/mol. The van der Waals surface area contributed by atoms with E-state index in [2.05, 4.69) is 0 Å². The van der Waals surface area contributed by atoms with Crippen LogP contribution in [0.5, 0.6) is 11.5 Å². The Morgan fingerprint density at radius 2 is 2.07 bits per heavy atom. The van der Waals surface area contributed by atoms with Gasteiger partial charge in [0, 0.05) is 11.6 Å². The van der Waals surface area contributed by atoms with Crippen LogP contribution in [-0.2, 0) is 6.42 Å². The third-order valence-corrected chi connectivity index (χ3v) is 2.00. The topological polar surface area (TPSA) is 55.5 Å². The molecule has 0 fully saturated rings. The van der Waals surface area contributed by atoms with E-state index in [1.165, 1.54) is 19.2 Å². The van der Waals surface area contributed by atoms with Gasteiger partial charge in [0.2, 0.25) is 0 Å². The molecule has 0 aliphatic heterocycles. The third-order valence-electron chi connectivity index (χ3n) is 2.00. The summed E-state index contributed by atoms with van der Waals surface area (Å²) < 4.78 is 18.1. The number of ether oxygens (including phenoxy) is 1. The van der Waals surface area contributed by atoms with Crippen LogP contribution >= 0.6 is 0 Å². The Hall–Kier alpha value is -1.29. The highest BCUT2D eigenvalue weighted by Crippen LogP contribution is 2.28. The highest BCUT2D eigenvalue weighted by molar-refractivity contribution is 5.41. The highest BCUT2D eigenvalue weighted by atomic mass is 19.1. The van der Waals surface area contributed by atoms with E-state index < -0.39 is 11.4 Å². The molecule has 15 heavy (non-hydrogen) atoms. The lowest BCUT2D eigenvalue weighted by molar-refractivity contribution is 0.377. The van der Waals surface area contributed by atoms with Crippen molar-refractivity contribution in [3.05, 3.63) is 23.5 Å². The van der Waals surface area contributed by atoms with Crippen molar-refractivity contribution >= 4 is 0 Å². The maximum atomic E-state index is 13.3. The maximum Gasteiger partial charge on any atom is 0.165 e. The molecule has 1 aromatic carbocycles. The summed E-state index contributed by atoms with van der Waals surface area (Å²) in [6.07, 6.45) is 0.403. The van der Waals surface area contributed by atoms with E-state index in [0.29, 0.717) is 12.0 Å². The number of methoxy groups -OCH3 is 1. The van der Waals surface area contributed by atoms with Crippen LogP contribution in [-0.4, -0.2) is 17.8 Å². The molecule has 0 spiro atoms. The van der Waals surface area contributed by atoms with E-state index in [9.17, 15) is 9.50 Å². The zero-order valence-electron chi connectivity index (χ0n) is 9.17. The number of benzene rings is 1. The van der Waals surface area contributed by atoms with Crippen LogP contribution in [0.1, 0.15) is 19.4 Å². The summed E-state index contributed by atoms with van der Waals surface area (Å²) in [5, 5.41) is 9.61. The number of hydrogen-bond acceptors (Lipinski definition) is 3. The van der Waals surface area contributed by atoms with Gasteiger partial charge < -0.3 is 15.6 Å². The average Bonchev–Trinajstić information content (AvgIpc) is 2.08. The molecular formula is C11H16FNO2. The maximum absolute atomic E-state index is 13.3. The van der Waals surface area contributed by atoms with Crippen LogP contribution in [0.3, 0.4) is 0 Å². The second-order valence-electron chi connectivity index (χ2n) is 4.28. The lowest BCUT2D eigenvalue weighted by Crippen LogP contribution is -2.34. The van der Waals surface area contributed by atoms with Gasteiger partial charge >= 0.3 is 0 Å². The molecule has 0 atom stereocenters. The Morgan fingerprint density at radius 1 is 1.47 bits per heavy atom. The predicted molar refractivity (Wildman–Crippen MR) is 56.6 cm³/mol. The monoisotopic (exact) mass is 213 g/mol. The summed E-state index contributed by atoms with van der Waals surface area (Å²) in [7, 11) is 1.35. The number of nitrogens with two attached hydrogens (primary N) is 1. The number of phenols is 1. The minimum absolute atomic E-state index is 0.00627. The first-order valence-corrected chi connectivity index (χ1v) is 4.68. The molecule has 0 saturated heterocycles. The van der Waals surface area contributed by atoms with Crippen LogP contribution in [0.2, 0.25) is 0 Å². The first kappa shape index (κ1) is 11.8. The predicted octanol–water partition coefficient (Wildman–Crippen LogP) is 1.82. The van der Waals surface area contributed by atoms with E-state index in [1.807, 2.05) is 13.8 Å². The standard InChI is InChI=1S/C11H16FNO2/c1-11(2,13)6-7-4-8(12)10(15-3)5-9(7)14/h4-5,14H,6,13H2,1-3H3. The zero-order chi connectivity index (χ0) is 11.6. The fourth-order valence-electron chi connectivity index (χ4n) is 1.37. The van der Waals surface area contributed by atoms with Crippen LogP contribution in [0.4, 0.5) is 4.39 Å². The Bertz CT molecular complexity index is 358. The Kier molecular flexibility index (Phi) is 3.19. The molecule has 0 aromatic heterocycles. The largest absolute Gasteiger partial charge is 0.508 e. The van der Waals surface area contributed by atoms with Gasteiger partial charge in [-0.15, -0.1) is 0 Å². The molecule has 0 unspecified atom stereocenters. The molecule has 0 bridgehead atoms. The van der Waals surface area contributed by atoms with Crippen LogP contribution in [0.15, 0.2) is 12.1 Å². The molecule has 0 heterocycles. The zero-order valence-corrected chi connectivity index (χ0v) is 9.17. The lowest BCUT2D eigenvalue weighted by Gasteiger charge is -2.19. The Labute approximate surface area is 88.7 Å². The van der Waals surface area contributed by atoms with E-state index in [1.54, 1.807) is 0 Å². The number of halogens is 1. The van der Waals surface area contributed by atoms with Gasteiger partial charge in [-0.05, 0) is 31.9 Å². The molecule has 3 N–H and O–H groups in total. The summed E-state index contributed by atoms with van der Waals surface area (Å²) in [6.45, 7) is 3.63. The van der Waals surface area contributed by atoms with Crippen LogP contribution in [0, 0.1) is 5.82 Å². The van der Waals surface area contributed by atoms with Gasteiger partial charge in [-0.2, -0.15) is 0 Å². The highest BCUT2D eigenvalue weighted by Gasteiger charge is 2.17. The third kappa shape index (κ3) is 3.09. The van der Waals surface area contributed by atoms with Crippen LogP contribution < -0.4 is 10.5 Å². The van der Waals surface area contributed by atoms with Crippen molar-refractivity contribution in [1.29, 1.82) is 0 Å². The molecule has 0 aliphatic carbocycles. The SMILES string of the molecule is COc1cc(O)c(CC(C)(C)N)cc1F. The van der Waals surface area contributed by atoms with Crippen molar-refractivity contribution in [3.63, 3.8) is 0 Å². The van der Waals surface area contributed by atoms with Crippen molar-refractivity contribution in [1.82, 2.24) is 0 Å². The molecule has 1 aromatic rings. The quantitative estimate of drug-likeness (QED) is 0.805. The molecular weight excluding hydrogens is 197 g/mol. The molecule has 0 amide bonds. The van der Waals surface area contributed by atoms with Gasteiger partial charge in [0.15, 0.2) is 11.6 Å². The normalized spacial score (nSPS) is 11.5. The van der Waals surface area contributed by atoms with E-state index in [0.717, 1.165) is 0 Å². The molecule has 1 rings (SSSR count). The van der Waals surface area contributed by atoms with Gasteiger partial charge in [-0.1, -0.05) is 0 Å². The van der Waals surface area contributed by atoms with Gasteiger partial charge in [0.1, 0.15) is 5.75 Å². The van der Waals surface area contributed by atoms with E-state index in [4.69, 9.17) is 10.5 Å². The summed E-state index contributed by atoms with van der Waals surface area (Å²) in [5.41, 5.74) is 5.79. The van der Waals surface area contributed by atoms with Crippen molar-refractivity contribution in [2.24, 2.45) is 5.73 Å². The number of phenolic OH excluding ortho intramolecular Hbond substituents is 1. The molecule has 4 heteroatoms. The molecule has 84 valence electrons. The smallest absolute Gasteiger partial charge is 0.165 e. The first-order valence-electron chi connectivity index (χ1n) is 4.68. The van der Waals surface area contributed by atoms with Gasteiger partial charge in [-0.25, -0.2) is 4.39 Å².